The second-order valence-electron chi connectivity index (χ2n) is 5.44. The van der Waals surface area contributed by atoms with Crippen molar-refractivity contribution in [2.24, 2.45) is 5.41 Å². The summed E-state index contributed by atoms with van der Waals surface area (Å²) in [7, 11) is 0. The van der Waals surface area contributed by atoms with Gasteiger partial charge in [0.1, 0.15) is 5.76 Å². The van der Waals surface area contributed by atoms with Gasteiger partial charge in [0.2, 0.25) is 11.8 Å². The highest BCUT2D eigenvalue weighted by Crippen LogP contribution is 2.24. The van der Waals surface area contributed by atoms with Crippen molar-refractivity contribution in [3.8, 4) is 0 Å². The summed E-state index contributed by atoms with van der Waals surface area (Å²) in [4.78, 5) is 26.5. The molecule has 0 unspecified atom stereocenters. The van der Waals surface area contributed by atoms with Crippen LogP contribution in [0.2, 0.25) is 0 Å². The number of nitrogens with zero attached hydrogens (tertiary/aromatic N) is 1. The summed E-state index contributed by atoms with van der Waals surface area (Å²) in [6, 6.07) is 0. The van der Waals surface area contributed by atoms with E-state index in [0.29, 0.717) is 5.89 Å². The standard InChI is InChI=1S/C13H20N2O4/c1-8-9(2)19-11(15-8)7-14-10(16)5-13(3,4)6-12(17)18/h5-7H2,1-4H3,(H,14,16)(H,17,18). The number of aliphatic carboxylic acids is 1. The van der Waals surface area contributed by atoms with Crippen LogP contribution in [0.5, 0.6) is 0 Å². The number of carboxylic acid groups (broad SMARTS) is 1. The molecular weight excluding hydrogens is 248 g/mol. The van der Waals surface area contributed by atoms with Crippen molar-refractivity contribution in [2.45, 2.75) is 47.1 Å². The normalized spacial score (nSPS) is 11.4. The first-order valence-corrected chi connectivity index (χ1v) is 6.11. The minimum Gasteiger partial charge on any atom is -0.481 e. The van der Waals surface area contributed by atoms with Crippen LogP contribution in [-0.4, -0.2) is 22.0 Å². The summed E-state index contributed by atoms with van der Waals surface area (Å²) < 4.78 is 5.34. The van der Waals surface area contributed by atoms with Gasteiger partial charge in [0.05, 0.1) is 18.7 Å². The Labute approximate surface area is 112 Å². The lowest BCUT2D eigenvalue weighted by Crippen LogP contribution is -2.29. The van der Waals surface area contributed by atoms with Crippen molar-refractivity contribution in [2.75, 3.05) is 0 Å². The molecule has 1 aromatic heterocycles. The van der Waals surface area contributed by atoms with Gasteiger partial charge >= 0.3 is 5.97 Å². The van der Waals surface area contributed by atoms with Crippen molar-refractivity contribution < 1.29 is 19.1 Å². The Morgan fingerprint density at radius 3 is 2.42 bits per heavy atom. The van der Waals surface area contributed by atoms with E-state index < -0.39 is 11.4 Å². The number of nitrogens with one attached hydrogen (secondary N) is 1. The fraction of sp³-hybridized carbons (Fsp3) is 0.615. The largest absolute Gasteiger partial charge is 0.481 e. The molecule has 0 saturated heterocycles. The highest BCUT2D eigenvalue weighted by atomic mass is 16.4. The van der Waals surface area contributed by atoms with E-state index in [4.69, 9.17) is 9.52 Å². The Balaban J connectivity index is 2.45. The van der Waals surface area contributed by atoms with Gasteiger partial charge in [-0.25, -0.2) is 4.98 Å². The van der Waals surface area contributed by atoms with Gasteiger partial charge in [0.15, 0.2) is 0 Å². The van der Waals surface area contributed by atoms with E-state index >= 15 is 0 Å². The maximum atomic E-state index is 11.7. The molecule has 6 nitrogen and oxygen atoms in total. The molecule has 0 aliphatic heterocycles. The number of oxazole rings is 1. The van der Waals surface area contributed by atoms with E-state index in [1.807, 2.05) is 13.8 Å². The quantitative estimate of drug-likeness (QED) is 0.820. The zero-order valence-electron chi connectivity index (χ0n) is 11.7. The predicted octanol–water partition coefficient (Wildman–Crippen LogP) is 1.80. The van der Waals surface area contributed by atoms with E-state index in [-0.39, 0.29) is 25.3 Å². The molecule has 106 valence electrons. The van der Waals surface area contributed by atoms with Crippen LogP contribution in [0.25, 0.3) is 0 Å². The summed E-state index contributed by atoms with van der Waals surface area (Å²) >= 11 is 0. The molecule has 1 heterocycles. The molecule has 6 heteroatoms. The second kappa shape index (κ2) is 5.86. The van der Waals surface area contributed by atoms with Crippen molar-refractivity contribution in [3.05, 3.63) is 17.3 Å². The van der Waals surface area contributed by atoms with Gasteiger partial charge in [-0.1, -0.05) is 13.8 Å². The van der Waals surface area contributed by atoms with E-state index in [1.165, 1.54) is 0 Å². The molecule has 1 aromatic rings. The van der Waals surface area contributed by atoms with Crippen LogP contribution >= 0.6 is 0 Å². The van der Waals surface area contributed by atoms with E-state index in [1.54, 1.807) is 13.8 Å². The lowest BCUT2D eigenvalue weighted by atomic mass is 9.85. The summed E-state index contributed by atoms with van der Waals surface area (Å²) in [6.07, 6.45) is 0.107. The third-order valence-electron chi connectivity index (χ3n) is 2.78. The summed E-state index contributed by atoms with van der Waals surface area (Å²) in [5.41, 5.74) is 0.230. The van der Waals surface area contributed by atoms with Gasteiger partial charge in [-0.2, -0.15) is 0 Å². The van der Waals surface area contributed by atoms with Crippen LogP contribution in [0.3, 0.4) is 0 Å². The van der Waals surface area contributed by atoms with Gasteiger partial charge in [-0.05, 0) is 19.3 Å². The van der Waals surface area contributed by atoms with Gasteiger partial charge in [0.25, 0.3) is 0 Å². The van der Waals surface area contributed by atoms with Crippen molar-refractivity contribution >= 4 is 11.9 Å². The molecule has 0 saturated carbocycles. The topological polar surface area (TPSA) is 92.4 Å². The van der Waals surface area contributed by atoms with Crippen LogP contribution in [0, 0.1) is 19.3 Å². The molecular formula is C13H20N2O4. The maximum absolute atomic E-state index is 11.7. The number of carbonyl (C=O) groups excluding carboxylic acids is 1. The lowest BCUT2D eigenvalue weighted by molar-refractivity contribution is -0.139. The fourth-order valence-corrected chi connectivity index (χ4v) is 1.76. The highest BCUT2D eigenvalue weighted by molar-refractivity contribution is 5.77. The van der Waals surface area contributed by atoms with E-state index in [9.17, 15) is 9.59 Å². The van der Waals surface area contributed by atoms with Crippen LogP contribution in [0.4, 0.5) is 0 Å². The number of aromatic nitrogens is 1. The molecule has 0 aliphatic rings. The zero-order chi connectivity index (χ0) is 14.6. The highest BCUT2D eigenvalue weighted by Gasteiger charge is 2.25. The first-order chi connectivity index (χ1) is 8.69. The molecule has 1 amide bonds. The van der Waals surface area contributed by atoms with Crippen LogP contribution in [0.1, 0.15) is 44.0 Å². The molecule has 0 radical (unpaired) electrons. The number of carboxylic acids is 1. The average Bonchev–Trinajstić information content (AvgIpc) is 2.53. The molecule has 0 bridgehead atoms. The van der Waals surface area contributed by atoms with Gasteiger partial charge in [-0.15, -0.1) is 0 Å². The Morgan fingerprint density at radius 2 is 1.95 bits per heavy atom. The Kier molecular flexibility index (Phi) is 4.69. The monoisotopic (exact) mass is 268 g/mol. The van der Waals surface area contributed by atoms with Gasteiger partial charge in [-0.3, -0.25) is 9.59 Å². The molecule has 2 N–H and O–H groups in total. The molecule has 1 rings (SSSR count). The molecule has 19 heavy (non-hydrogen) atoms. The van der Waals surface area contributed by atoms with Gasteiger partial charge in [0, 0.05) is 6.42 Å². The number of carbonyl (C=O) groups is 2. The second-order valence-corrected chi connectivity index (χ2v) is 5.44. The summed E-state index contributed by atoms with van der Waals surface area (Å²) in [6.45, 7) is 7.36. The molecule has 0 aromatic carbocycles. The zero-order valence-corrected chi connectivity index (χ0v) is 11.7. The van der Waals surface area contributed by atoms with E-state index in [0.717, 1.165) is 11.5 Å². The summed E-state index contributed by atoms with van der Waals surface area (Å²) in [5.74, 6) is 0.0753. The Bertz CT molecular complexity index is 457. The minimum atomic E-state index is -0.906. The van der Waals surface area contributed by atoms with E-state index in [2.05, 4.69) is 10.3 Å². The third-order valence-corrected chi connectivity index (χ3v) is 2.78. The predicted molar refractivity (Wildman–Crippen MR) is 68.5 cm³/mol. The number of hydrogen-bond donors (Lipinski definition) is 2. The minimum absolute atomic E-state index is 0.0440. The molecule has 0 spiro atoms. The lowest BCUT2D eigenvalue weighted by Gasteiger charge is -2.21. The number of hydrogen-bond acceptors (Lipinski definition) is 4. The fourth-order valence-electron chi connectivity index (χ4n) is 1.76. The Hall–Kier alpha value is -1.85. The van der Waals surface area contributed by atoms with Crippen LogP contribution in [-0.2, 0) is 16.1 Å². The molecule has 0 fully saturated rings. The summed E-state index contributed by atoms with van der Waals surface area (Å²) in [5, 5.41) is 11.4. The van der Waals surface area contributed by atoms with Crippen molar-refractivity contribution in [3.63, 3.8) is 0 Å². The van der Waals surface area contributed by atoms with Crippen LogP contribution < -0.4 is 5.32 Å². The number of aryl methyl sites for hydroxylation is 2. The first-order valence-electron chi connectivity index (χ1n) is 6.11. The molecule has 0 atom stereocenters. The van der Waals surface area contributed by atoms with Crippen molar-refractivity contribution in [1.29, 1.82) is 0 Å². The number of amides is 1. The Morgan fingerprint density at radius 1 is 1.32 bits per heavy atom. The molecule has 0 aliphatic carbocycles. The first kappa shape index (κ1) is 15.2. The maximum Gasteiger partial charge on any atom is 0.303 e. The van der Waals surface area contributed by atoms with Crippen LogP contribution in [0.15, 0.2) is 4.42 Å². The smallest absolute Gasteiger partial charge is 0.303 e. The number of rotatable bonds is 6. The van der Waals surface area contributed by atoms with Gasteiger partial charge < -0.3 is 14.8 Å². The SMILES string of the molecule is Cc1nc(CNC(=O)CC(C)(C)CC(=O)O)oc1C. The average molecular weight is 268 g/mol. The third kappa shape index (κ3) is 5.11. The van der Waals surface area contributed by atoms with Crippen molar-refractivity contribution in [1.82, 2.24) is 10.3 Å².